The number of rotatable bonds is 7. The van der Waals surface area contributed by atoms with Crippen LogP contribution in [0.2, 0.25) is 0 Å². The standard InChI is InChI=1S/C11H16N6S.2ClH/c1-17-11(14-15-16-17)18-8-2-5-13-9-10-3-6-12-7-4-10;;/h3-4,6-7,13H,2,5,8-9H2,1H3;2*1H. The number of aromatic nitrogens is 5. The fourth-order valence-electron chi connectivity index (χ4n) is 1.44. The molecular weight excluding hydrogens is 319 g/mol. The smallest absolute Gasteiger partial charge is 0.209 e. The summed E-state index contributed by atoms with van der Waals surface area (Å²) in [7, 11) is 1.85. The highest BCUT2D eigenvalue weighted by Crippen LogP contribution is 2.12. The molecule has 0 amide bonds. The average molecular weight is 337 g/mol. The Labute approximate surface area is 134 Å². The minimum absolute atomic E-state index is 0. The number of tetrazole rings is 1. The van der Waals surface area contributed by atoms with Gasteiger partial charge in [-0.1, -0.05) is 11.8 Å². The molecule has 0 atom stereocenters. The van der Waals surface area contributed by atoms with Crippen molar-refractivity contribution >= 4 is 36.6 Å². The first-order valence-corrected chi connectivity index (χ1v) is 6.79. The monoisotopic (exact) mass is 336 g/mol. The van der Waals surface area contributed by atoms with E-state index in [2.05, 4.69) is 25.8 Å². The molecule has 0 saturated heterocycles. The Bertz CT molecular complexity index is 467. The van der Waals surface area contributed by atoms with Crippen molar-refractivity contribution in [3.63, 3.8) is 0 Å². The summed E-state index contributed by atoms with van der Waals surface area (Å²) in [5, 5.41) is 15.6. The van der Waals surface area contributed by atoms with E-state index in [1.165, 1.54) is 5.56 Å². The number of aryl methyl sites for hydroxylation is 1. The summed E-state index contributed by atoms with van der Waals surface area (Å²) in [4.78, 5) is 3.99. The van der Waals surface area contributed by atoms with Crippen molar-refractivity contribution < 1.29 is 0 Å². The van der Waals surface area contributed by atoms with Crippen LogP contribution in [-0.2, 0) is 13.6 Å². The van der Waals surface area contributed by atoms with Crippen molar-refractivity contribution in [3.05, 3.63) is 30.1 Å². The molecule has 0 unspecified atom stereocenters. The number of nitrogens with zero attached hydrogens (tertiary/aromatic N) is 5. The molecule has 0 bridgehead atoms. The molecule has 2 rings (SSSR count). The summed E-state index contributed by atoms with van der Waals surface area (Å²) in [6.07, 6.45) is 4.71. The Morgan fingerprint density at radius 1 is 1.25 bits per heavy atom. The summed E-state index contributed by atoms with van der Waals surface area (Å²) in [6.45, 7) is 1.87. The summed E-state index contributed by atoms with van der Waals surface area (Å²) >= 11 is 1.68. The van der Waals surface area contributed by atoms with Crippen molar-refractivity contribution in [3.8, 4) is 0 Å². The second-order valence-corrected chi connectivity index (χ2v) is 4.88. The predicted octanol–water partition coefficient (Wildman–Crippen LogP) is 1.72. The highest BCUT2D eigenvalue weighted by atomic mass is 35.5. The largest absolute Gasteiger partial charge is 0.313 e. The fourth-order valence-corrected chi connectivity index (χ4v) is 2.23. The quantitative estimate of drug-likeness (QED) is 0.613. The highest BCUT2D eigenvalue weighted by Gasteiger charge is 2.01. The third-order valence-electron chi connectivity index (χ3n) is 2.39. The van der Waals surface area contributed by atoms with Crippen molar-refractivity contribution in [2.45, 2.75) is 18.1 Å². The summed E-state index contributed by atoms with van der Waals surface area (Å²) in [6, 6.07) is 4.04. The summed E-state index contributed by atoms with van der Waals surface area (Å²) < 4.78 is 1.69. The van der Waals surface area contributed by atoms with Gasteiger partial charge in [0.05, 0.1) is 0 Å². The maximum absolute atomic E-state index is 3.99. The Morgan fingerprint density at radius 2 is 2.00 bits per heavy atom. The molecule has 0 aromatic carbocycles. The van der Waals surface area contributed by atoms with Crippen LogP contribution in [0.3, 0.4) is 0 Å². The topological polar surface area (TPSA) is 68.5 Å². The molecule has 2 aromatic heterocycles. The SMILES string of the molecule is Cl.Cl.Cn1nnnc1SCCCNCc1ccncc1. The van der Waals surface area contributed by atoms with Crippen LogP contribution in [-0.4, -0.2) is 37.5 Å². The molecule has 2 heterocycles. The van der Waals surface area contributed by atoms with Crippen LogP contribution in [0, 0.1) is 0 Å². The lowest BCUT2D eigenvalue weighted by atomic mass is 10.3. The average Bonchev–Trinajstić information content (AvgIpc) is 2.81. The van der Waals surface area contributed by atoms with Gasteiger partial charge >= 0.3 is 0 Å². The molecule has 0 spiro atoms. The third-order valence-corrected chi connectivity index (χ3v) is 3.49. The van der Waals surface area contributed by atoms with E-state index in [-0.39, 0.29) is 24.8 Å². The van der Waals surface area contributed by atoms with E-state index >= 15 is 0 Å². The minimum Gasteiger partial charge on any atom is -0.313 e. The van der Waals surface area contributed by atoms with Gasteiger partial charge in [0.1, 0.15) is 0 Å². The lowest BCUT2D eigenvalue weighted by molar-refractivity contribution is 0.661. The molecule has 0 fully saturated rings. The Balaban J connectivity index is 0.00000180. The zero-order valence-electron chi connectivity index (χ0n) is 11.1. The van der Waals surface area contributed by atoms with Gasteiger partial charge in [-0.25, -0.2) is 4.68 Å². The van der Waals surface area contributed by atoms with E-state index in [0.29, 0.717) is 0 Å². The fraction of sp³-hybridized carbons (Fsp3) is 0.455. The van der Waals surface area contributed by atoms with Crippen LogP contribution in [0.25, 0.3) is 0 Å². The molecule has 2 aromatic rings. The summed E-state index contributed by atoms with van der Waals surface area (Å²) in [5.74, 6) is 1.01. The van der Waals surface area contributed by atoms with Crippen molar-refractivity contribution in [1.82, 2.24) is 30.5 Å². The van der Waals surface area contributed by atoms with Crippen LogP contribution in [0.15, 0.2) is 29.7 Å². The highest BCUT2D eigenvalue weighted by molar-refractivity contribution is 7.99. The van der Waals surface area contributed by atoms with E-state index in [1.807, 2.05) is 31.6 Å². The van der Waals surface area contributed by atoms with E-state index in [1.54, 1.807) is 16.4 Å². The van der Waals surface area contributed by atoms with Gasteiger partial charge in [0.25, 0.3) is 0 Å². The number of pyridine rings is 1. The summed E-state index contributed by atoms with van der Waals surface area (Å²) in [5.41, 5.74) is 1.26. The molecule has 6 nitrogen and oxygen atoms in total. The van der Waals surface area contributed by atoms with Crippen LogP contribution in [0.1, 0.15) is 12.0 Å². The van der Waals surface area contributed by atoms with Gasteiger partial charge < -0.3 is 5.32 Å². The zero-order valence-corrected chi connectivity index (χ0v) is 13.5. The van der Waals surface area contributed by atoms with E-state index < -0.39 is 0 Å². The van der Waals surface area contributed by atoms with Gasteiger partial charge in [-0.05, 0) is 41.1 Å². The second-order valence-electron chi connectivity index (χ2n) is 3.82. The van der Waals surface area contributed by atoms with Crippen LogP contribution < -0.4 is 5.32 Å². The Morgan fingerprint density at radius 3 is 2.65 bits per heavy atom. The Kier molecular flexibility index (Phi) is 10.4. The van der Waals surface area contributed by atoms with Gasteiger partial charge in [0.15, 0.2) is 0 Å². The Hall–Kier alpha value is -0.890. The molecule has 112 valence electrons. The molecule has 0 saturated carbocycles. The molecule has 0 aliphatic rings. The molecular formula is C11H18Cl2N6S. The number of nitrogens with one attached hydrogen (secondary N) is 1. The molecule has 0 radical (unpaired) electrons. The van der Waals surface area contributed by atoms with Gasteiger partial charge in [-0.3, -0.25) is 4.98 Å². The molecule has 9 heteroatoms. The molecule has 0 aliphatic carbocycles. The molecule has 0 aliphatic heterocycles. The van der Waals surface area contributed by atoms with Gasteiger partial charge in [-0.2, -0.15) is 0 Å². The lowest BCUT2D eigenvalue weighted by Gasteiger charge is -2.04. The first-order valence-electron chi connectivity index (χ1n) is 5.81. The number of halogens is 2. The number of hydrogen-bond acceptors (Lipinski definition) is 6. The van der Waals surface area contributed by atoms with E-state index in [9.17, 15) is 0 Å². The second kappa shape index (κ2) is 10.8. The first-order chi connectivity index (χ1) is 8.86. The molecule has 20 heavy (non-hydrogen) atoms. The van der Waals surface area contributed by atoms with Crippen molar-refractivity contribution in [1.29, 1.82) is 0 Å². The van der Waals surface area contributed by atoms with Crippen LogP contribution >= 0.6 is 36.6 Å². The van der Waals surface area contributed by atoms with Crippen molar-refractivity contribution in [2.24, 2.45) is 7.05 Å². The maximum atomic E-state index is 3.99. The minimum atomic E-state index is 0. The third kappa shape index (κ3) is 6.51. The van der Waals surface area contributed by atoms with E-state index in [0.717, 1.165) is 30.4 Å². The first kappa shape index (κ1) is 19.1. The lowest BCUT2D eigenvalue weighted by Crippen LogP contribution is -2.15. The normalized spacial score (nSPS) is 9.65. The number of hydrogen-bond donors (Lipinski definition) is 1. The zero-order chi connectivity index (χ0) is 12.6. The molecule has 1 N–H and O–H groups in total. The van der Waals surface area contributed by atoms with E-state index in [4.69, 9.17) is 0 Å². The van der Waals surface area contributed by atoms with Crippen LogP contribution in [0.5, 0.6) is 0 Å². The van der Waals surface area contributed by atoms with Crippen LogP contribution in [0.4, 0.5) is 0 Å². The van der Waals surface area contributed by atoms with Gasteiger partial charge in [0, 0.05) is 31.7 Å². The van der Waals surface area contributed by atoms with Gasteiger partial charge in [0.2, 0.25) is 5.16 Å². The van der Waals surface area contributed by atoms with Crippen molar-refractivity contribution in [2.75, 3.05) is 12.3 Å². The van der Waals surface area contributed by atoms with Gasteiger partial charge in [-0.15, -0.1) is 29.9 Å². The maximum Gasteiger partial charge on any atom is 0.209 e. The number of thioether (sulfide) groups is 1. The predicted molar refractivity (Wildman–Crippen MR) is 84.6 cm³/mol.